The van der Waals surface area contributed by atoms with Crippen molar-refractivity contribution >= 4 is 17.4 Å². The smallest absolute Gasteiger partial charge is 0.137 e. The molecule has 0 bridgehead atoms. The Hall–Kier alpha value is -1.75. The second-order valence-electron chi connectivity index (χ2n) is 4.67. The zero-order valence-electron chi connectivity index (χ0n) is 10.6. The zero-order chi connectivity index (χ0) is 13.2. The van der Waals surface area contributed by atoms with Crippen molar-refractivity contribution in [2.45, 2.75) is 32.2 Å². The summed E-state index contributed by atoms with van der Waals surface area (Å²) in [5.41, 5.74) is 1.79. The summed E-state index contributed by atoms with van der Waals surface area (Å²) in [5, 5.41) is 3.80. The standard InChI is InChI=1S/C13H14ClN5/c1-8-11(14)18-13(9-2-3-9)19-12(8)16-6-10-4-5-15-7-17-10/h4-5,7,9H,2-3,6H2,1H3,(H,16,18,19). The lowest BCUT2D eigenvalue weighted by Crippen LogP contribution is -2.08. The number of rotatable bonds is 4. The quantitative estimate of drug-likeness (QED) is 0.869. The molecule has 19 heavy (non-hydrogen) atoms. The molecule has 0 aromatic carbocycles. The van der Waals surface area contributed by atoms with Gasteiger partial charge in [0, 0.05) is 17.7 Å². The lowest BCUT2D eigenvalue weighted by Gasteiger charge is -2.10. The third kappa shape index (κ3) is 2.81. The number of hydrogen-bond donors (Lipinski definition) is 1. The molecule has 6 heteroatoms. The predicted octanol–water partition coefficient (Wildman–Crippen LogP) is 2.72. The van der Waals surface area contributed by atoms with E-state index >= 15 is 0 Å². The Labute approximate surface area is 116 Å². The molecule has 0 unspecified atom stereocenters. The maximum absolute atomic E-state index is 6.16. The van der Waals surface area contributed by atoms with Crippen molar-refractivity contribution in [1.82, 2.24) is 19.9 Å². The molecular formula is C13H14ClN5. The number of halogens is 1. The van der Waals surface area contributed by atoms with Crippen LogP contribution in [0.5, 0.6) is 0 Å². The normalized spacial score (nSPS) is 14.4. The Morgan fingerprint density at radius 2 is 2.21 bits per heavy atom. The topological polar surface area (TPSA) is 63.6 Å². The van der Waals surface area contributed by atoms with Crippen molar-refractivity contribution in [2.75, 3.05) is 5.32 Å². The van der Waals surface area contributed by atoms with Crippen LogP contribution in [0, 0.1) is 6.92 Å². The average Bonchev–Trinajstić information content (AvgIpc) is 3.26. The minimum Gasteiger partial charge on any atom is -0.364 e. The molecule has 98 valence electrons. The van der Waals surface area contributed by atoms with Crippen LogP contribution in [0.4, 0.5) is 5.82 Å². The summed E-state index contributed by atoms with van der Waals surface area (Å²) in [4.78, 5) is 17.0. The van der Waals surface area contributed by atoms with Gasteiger partial charge in [-0.05, 0) is 25.8 Å². The van der Waals surface area contributed by atoms with Crippen molar-refractivity contribution in [3.05, 3.63) is 40.8 Å². The second kappa shape index (κ2) is 5.09. The van der Waals surface area contributed by atoms with Crippen LogP contribution in [0.3, 0.4) is 0 Å². The van der Waals surface area contributed by atoms with Crippen LogP contribution in [0.2, 0.25) is 5.15 Å². The molecule has 1 aliphatic rings. The second-order valence-corrected chi connectivity index (χ2v) is 5.03. The zero-order valence-corrected chi connectivity index (χ0v) is 11.4. The molecular weight excluding hydrogens is 262 g/mol. The van der Waals surface area contributed by atoms with E-state index in [0.29, 0.717) is 17.6 Å². The van der Waals surface area contributed by atoms with E-state index < -0.39 is 0 Å². The summed E-state index contributed by atoms with van der Waals surface area (Å²) in [6, 6.07) is 1.87. The van der Waals surface area contributed by atoms with Gasteiger partial charge in [-0.25, -0.2) is 19.9 Å². The highest BCUT2D eigenvalue weighted by Gasteiger charge is 2.27. The SMILES string of the molecule is Cc1c(Cl)nc(C2CC2)nc1NCc1ccncn1. The fourth-order valence-electron chi connectivity index (χ4n) is 1.80. The molecule has 1 N–H and O–H groups in total. The van der Waals surface area contributed by atoms with Crippen molar-refractivity contribution in [3.8, 4) is 0 Å². The molecule has 0 aliphatic heterocycles. The van der Waals surface area contributed by atoms with Gasteiger partial charge in [0.25, 0.3) is 0 Å². The molecule has 5 nitrogen and oxygen atoms in total. The summed E-state index contributed by atoms with van der Waals surface area (Å²) < 4.78 is 0. The molecule has 0 radical (unpaired) electrons. The Morgan fingerprint density at radius 3 is 2.89 bits per heavy atom. The lowest BCUT2D eigenvalue weighted by molar-refractivity contribution is 0.905. The van der Waals surface area contributed by atoms with Gasteiger partial charge in [0.1, 0.15) is 23.1 Å². The van der Waals surface area contributed by atoms with Crippen LogP contribution >= 0.6 is 11.6 Å². The first-order chi connectivity index (χ1) is 9.24. The Bertz CT molecular complexity index is 583. The fourth-order valence-corrected chi connectivity index (χ4v) is 1.97. The molecule has 0 spiro atoms. The van der Waals surface area contributed by atoms with Crippen molar-refractivity contribution in [3.63, 3.8) is 0 Å². The summed E-state index contributed by atoms with van der Waals surface area (Å²) in [6.07, 6.45) is 5.57. The summed E-state index contributed by atoms with van der Waals surface area (Å²) in [5.74, 6) is 2.12. The number of nitrogens with zero attached hydrogens (tertiary/aromatic N) is 4. The van der Waals surface area contributed by atoms with Crippen LogP contribution in [0.1, 0.15) is 35.8 Å². The number of hydrogen-bond acceptors (Lipinski definition) is 5. The van der Waals surface area contributed by atoms with Gasteiger partial charge in [0.05, 0.1) is 12.2 Å². The average molecular weight is 276 g/mol. The number of aromatic nitrogens is 4. The molecule has 0 saturated heterocycles. The molecule has 2 aromatic rings. The van der Waals surface area contributed by atoms with E-state index in [-0.39, 0.29) is 0 Å². The first-order valence-corrected chi connectivity index (χ1v) is 6.64. The van der Waals surface area contributed by atoms with Gasteiger partial charge in [-0.15, -0.1) is 0 Å². The van der Waals surface area contributed by atoms with E-state index in [0.717, 1.165) is 35.7 Å². The molecule has 0 atom stereocenters. The molecule has 1 saturated carbocycles. The van der Waals surface area contributed by atoms with E-state index in [2.05, 4.69) is 25.3 Å². The maximum Gasteiger partial charge on any atom is 0.137 e. The van der Waals surface area contributed by atoms with Crippen molar-refractivity contribution in [1.29, 1.82) is 0 Å². The third-order valence-electron chi connectivity index (χ3n) is 3.13. The van der Waals surface area contributed by atoms with Crippen LogP contribution in [0.15, 0.2) is 18.6 Å². The van der Waals surface area contributed by atoms with Crippen molar-refractivity contribution in [2.24, 2.45) is 0 Å². The van der Waals surface area contributed by atoms with Gasteiger partial charge in [-0.2, -0.15) is 0 Å². The van der Waals surface area contributed by atoms with E-state index in [1.165, 1.54) is 6.33 Å². The van der Waals surface area contributed by atoms with Crippen LogP contribution in [-0.4, -0.2) is 19.9 Å². The van der Waals surface area contributed by atoms with Gasteiger partial charge in [0.2, 0.25) is 0 Å². The Morgan fingerprint density at radius 1 is 1.37 bits per heavy atom. The van der Waals surface area contributed by atoms with Gasteiger partial charge < -0.3 is 5.32 Å². The highest BCUT2D eigenvalue weighted by molar-refractivity contribution is 6.30. The first kappa shape index (κ1) is 12.3. The van der Waals surface area contributed by atoms with E-state index in [4.69, 9.17) is 11.6 Å². The molecule has 1 aliphatic carbocycles. The number of anilines is 1. The largest absolute Gasteiger partial charge is 0.364 e. The van der Waals surface area contributed by atoms with Crippen molar-refractivity contribution < 1.29 is 0 Å². The minimum absolute atomic E-state index is 0.484. The van der Waals surface area contributed by atoms with E-state index in [1.54, 1.807) is 6.20 Å². The third-order valence-corrected chi connectivity index (χ3v) is 3.49. The molecule has 0 amide bonds. The van der Waals surface area contributed by atoms with Gasteiger partial charge in [-0.3, -0.25) is 0 Å². The van der Waals surface area contributed by atoms with Crippen LogP contribution < -0.4 is 5.32 Å². The van der Waals surface area contributed by atoms with Gasteiger partial charge >= 0.3 is 0 Å². The maximum atomic E-state index is 6.16. The van der Waals surface area contributed by atoms with E-state index in [1.807, 2.05) is 13.0 Å². The van der Waals surface area contributed by atoms with Gasteiger partial charge in [-0.1, -0.05) is 11.6 Å². The molecule has 2 aromatic heterocycles. The Balaban J connectivity index is 1.79. The summed E-state index contributed by atoms with van der Waals surface area (Å²) >= 11 is 6.16. The summed E-state index contributed by atoms with van der Waals surface area (Å²) in [7, 11) is 0. The molecule has 3 rings (SSSR count). The predicted molar refractivity (Wildman–Crippen MR) is 73.1 cm³/mol. The highest BCUT2D eigenvalue weighted by Crippen LogP contribution is 2.39. The minimum atomic E-state index is 0.484. The van der Waals surface area contributed by atoms with Crippen LogP contribution in [-0.2, 0) is 6.54 Å². The van der Waals surface area contributed by atoms with E-state index in [9.17, 15) is 0 Å². The molecule has 1 fully saturated rings. The number of nitrogens with one attached hydrogen (secondary N) is 1. The lowest BCUT2D eigenvalue weighted by atomic mass is 10.3. The van der Waals surface area contributed by atoms with Crippen LogP contribution in [0.25, 0.3) is 0 Å². The fraction of sp³-hybridized carbons (Fsp3) is 0.385. The summed E-state index contributed by atoms with van der Waals surface area (Å²) in [6.45, 7) is 2.52. The monoisotopic (exact) mass is 275 g/mol. The molecule has 2 heterocycles. The Kier molecular flexibility index (Phi) is 3.29. The van der Waals surface area contributed by atoms with Gasteiger partial charge in [0.15, 0.2) is 0 Å². The highest BCUT2D eigenvalue weighted by atomic mass is 35.5. The first-order valence-electron chi connectivity index (χ1n) is 6.27.